The number of aromatic hydroxyl groups is 1. The fourth-order valence-corrected chi connectivity index (χ4v) is 2.01. The zero-order chi connectivity index (χ0) is 15.5. The molecule has 0 bridgehead atoms. The summed E-state index contributed by atoms with van der Waals surface area (Å²) in [6, 6.07) is 8.30. The summed E-state index contributed by atoms with van der Waals surface area (Å²) in [7, 11) is 0. The molecule has 0 unspecified atom stereocenters. The first-order valence-electron chi connectivity index (χ1n) is 6.27. The molecule has 0 aliphatic carbocycles. The number of carbonyl (C=O) groups is 1. The van der Waals surface area contributed by atoms with Crippen LogP contribution < -0.4 is 5.32 Å². The minimum atomic E-state index is -0.462. The third-order valence-corrected chi connectivity index (χ3v) is 3.16. The number of amides is 1. The standard InChI is InChI=1S/C14H10ClN5O2/c15-10-5-2-1-4-9(10)12(21)18-11-8-16-14(19-13(11)22)20-7-3-6-17-20/h1-8H,(H,18,21)(H,16,19,22). The van der Waals surface area contributed by atoms with E-state index in [1.807, 2.05) is 0 Å². The van der Waals surface area contributed by atoms with E-state index in [4.69, 9.17) is 11.6 Å². The lowest BCUT2D eigenvalue weighted by atomic mass is 10.2. The summed E-state index contributed by atoms with van der Waals surface area (Å²) in [6.07, 6.45) is 4.50. The molecular formula is C14H10ClN5O2. The summed E-state index contributed by atoms with van der Waals surface area (Å²) in [5.41, 5.74) is 0.376. The molecule has 0 saturated heterocycles. The van der Waals surface area contributed by atoms with Crippen molar-refractivity contribution in [3.8, 4) is 11.8 Å². The summed E-state index contributed by atoms with van der Waals surface area (Å²) in [5.74, 6) is -0.629. The number of halogens is 1. The quantitative estimate of drug-likeness (QED) is 0.773. The molecule has 110 valence electrons. The molecule has 0 atom stereocenters. The zero-order valence-electron chi connectivity index (χ0n) is 11.1. The van der Waals surface area contributed by atoms with Gasteiger partial charge in [-0.2, -0.15) is 10.1 Å². The first-order valence-corrected chi connectivity index (χ1v) is 6.65. The predicted octanol–water partition coefficient (Wildman–Crippen LogP) is 2.27. The number of nitrogens with one attached hydrogen (secondary N) is 1. The van der Waals surface area contributed by atoms with Crippen molar-refractivity contribution in [3.05, 3.63) is 59.5 Å². The van der Waals surface area contributed by atoms with Gasteiger partial charge in [0.2, 0.25) is 5.88 Å². The van der Waals surface area contributed by atoms with Gasteiger partial charge < -0.3 is 10.4 Å². The van der Waals surface area contributed by atoms with E-state index in [0.717, 1.165) is 0 Å². The molecule has 3 aromatic rings. The Balaban J connectivity index is 1.84. The Morgan fingerprint density at radius 2 is 2.09 bits per heavy atom. The van der Waals surface area contributed by atoms with Crippen LogP contribution in [-0.4, -0.2) is 30.8 Å². The van der Waals surface area contributed by atoms with Crippen molar-refractivity contribution in [2.45, 2.75) is 0 Å². The molecule has 0 aliphatic heterocycles. The second kappa shape index (κ2) is 5.82. The Bertz CT molecular complexity index is 820. The lowest BCUT2D eigenvalue weighted by Gasteiger charge is -2.08. The summed E-state index contributed by atoms with van der Waals surface area (Å²) in [5, 5.41) is 16.7. The summed E-state index contributed by atoms with van der Waals surface area (Å²) < 4.78 is 1.39. The third kappa shape index (κ3) is 2.75. The van der Waals surface area contributed by atoms with Crippen LogP contribution in [0.3, 0.4) is 0 Å². The fourth-order valence-electron chi connectivity index (χ4n) is 1.78. The molecule has 7 nitrogen and oxygen atoms in total. The largest absolute Gasteiger partial charge is 0.492 e. The molecule has 0 fully saturated rings. The van der Waals surface area contributed by atoms with Gasteiger partial charge in [0.25, 0.3) is 11.9 Å². The molecule has 3 rings (SSSR count). The van der Waals surface area contributed by atoms with Crippen LogP contribution in [0.25, 0.3) is 5.95 Å². The number of rotatable bonds is 3. The van der Waals surface area contributed by atoms with Crippen LogP contribution in [0.4, 0.5) is 5.69 Å². The highest BCUT2D eigenvalue weighted by Gasteiger charge is 2.14. The topological polar surface area (TPSA) is 92.9 Å². The molecule has 1 amide bonds. The molecule has 8 heteroatoms. The maximum absolute atomic E-state index is 12.1. The molecule has 0 aliphatic rings. The van der Waals surface area contributed by atoms with Gasteiger partial charge in [-0.1, -0.05) is 23.7 Å². The zero-order valence-corrected chi connectivity index (χ0v) is 11.9. The molecule has 1 aromatic carbocycles. The van der Waals surface area contributed by atoms with Gasteiger partial charge in [0.1, 0.15) is 5.69 Å². The number of anilines is 1. The minimum Gasteiger partial charge on any atom is -0.492 e. The number of aromatic nitrogens is 4. The van der Waals surface area contributed by atoms with Gasteiger partial charge >= 0.3 is 0 Å². The van der Waals surface area contributed by atoms with E-state index in [-0.39, 0.29) is 17.5 Å². The third-order valence-electron chi connectivity index (χ3n) is 2.83. The van der Waals surface area contributed by atoms with Crippen molar-refractivity contribution < 1.29 is 9.90 Å². The van der Waals surface area contributed by atoms with Crippen LogP contribution in [0.2, 0.25) is 5.02 Å². The maximum Gasteiger partial charge on any atom is 0.257 e. The molecule has 2 heterocycles. The van der Waals surface area contributed by atoms with Crippen molar-refractivity contribution in [1.29, 1.82) is 0 Å². The Morgan fingerprint density at radius 3 is 2.77 bits per heavy atom. The average molecular weight is 316 g/mol. The Morgan fingerprint density at radius 1 is 1.27 bits per heavy atom. The molecule has 22 heavy (non-hydrogen) atoms. The number of hydrogen-bond acceptors (Lipinski definition) is 5. The van der Waals surface area contributed by atoms with Gasteiger partial charge in [-0.05, 0) is 18.2 Å². The van der Waals surface area contributed by atoms with E-state index < -0.39 is 5.91 Å². The van der Waals surface area contributed by atoms with Crippen molar-refractivity contribution in [2.24, 2.45) is 0 Å². The van der Waals surface area contributed by atoms with Crippen LogP contribution >= 0.6 is 11.6 Å². The first kappa shape index (κ1) is 14.0. The molecular weight excluding hydrogens is 306 g/mol. The number of carbonyl (C=O) groups excluding carboxylic acids is 1. The van der Waals surface area contributed by atoms with E-state index in [2.05, 4.69) is 20.4 Å². The Labute approximate surface area is 130 Å². The van der Waals surface area contributed by atoms with Gasteiger partial charge in [0.05, 0.1) is 16.8 Å². The number of benzene rings is 1. The van der Waals surface area contributed by atoms with Crippen molar-refractivity contribution >= 4 is 23.2 Å². The van der Waals surface area contributed by atoms with E-state index in [1.54, 1.807) is 42.7 Å². The molecule has 2 aromatic heterocycles. The smallest absolute Gasteiger partial charge is 0.257 e. The van der Waals surface area contributed by atoms with Gasteiger partial charge in [-0.3, -0.25) is 4.79 Å². The summed E-state index contributed by atoms with van der Waals surface area (Å²) >= 11 is 5.95. The summed E-state index contributed by atoms with van der Waals surface area (Å²) in [6.45, 7) is 0. The second-order valence-corrected chi connectivity index (χ2v) is 4.70. The average Bonchev–Trinajstić information content (AvgIpc) is 3.04. The van der Waals surface area contributed by atoms with Crippen LogP contribution in [-0.2, 0) is 0 Å². The van der Waals surface area contributed by atoms with Crippen molar-refractivity contribution in [3.63, 3.8) is 0 Å². The van der Waals surface area contributed by atoms with Crippen molar-refractivity contribution in [2.75, 3.05) is 5.32 Å². The Hall–Kier alpha value is -2.93. The van der Waals surface area contributed by atoms with Gasteiger partial charge in [0.15, 0.2) is 0 Å². The van der Waals surface area contributed by atoms with Crippen LogP contribution in [0.15, 0.2) is 48.9 Å². The van der Waals surface area contributed by atoms with E-state index in [9.17, 15) is 9.90 Å². The highest BCUT2D eigenvalue weighted by molar-refractivity contribution is 6.34. The van der Waals surface area contributed by atoms with Crippen LogP contribution in [0.5, 0.6) is 5.88 Å². The van der Waals surface area contributed by atoms with Gasteiger partial charge in [-0.25, -0.2) is 9.67 Å². The predicted molar refractivity (Wildman–Crippen MR) is 80.2 cm³/mol. The van der Waals surface area contributed by atoms with E-state index in [0.29, 0.717) is 10.6 Å². The molecule has 0 saturated carbocycles. The number of hydrogen-bond donors (Lipinski definition) is 2. The second-order valence-electron chi connectivity index (χ2n) is 4.29. The maximum atomic E-state index is 12.1. The molecule has 2 N–H and O–H groups in total. The number of nitrogens with zero attached hydrogens (tertiary/aromatic N) is 4. The minimum absolute atomic E-state index is 0.0841. The molecule has 0 radical (unpaired) electrons. The highest BCUT2D eigenvalue weighted by atomic mass is 35.5. The van der Waals surface area contributed by atoms with E-state index in [1.165, 1.54) is 10.9 Å². The normalized spacial score (nSPS) is 10.4. The molecule has 0 spiro atoms. The Kier molecular flexibility index (Phi) is 3.71. The lowest BCUT2D eigenvalue weighted by Crippen LogP contribution is -2.13. The summed E-state index contributed by atoms with van der Waals surface area (Å²) in [4.78, 5) is 20.0. The lowest BCUT2D eigenvalue weighted by molar-refractivity contribution is 0.102. The van der Waals surface area contributed by atoms with E-state index >= 15 is 0 Å². The fraction of sp³-hybridized carbons (Fsp3) is 0. The van der Waals surface area contributed by atoms with Gasteiger partial charge in [0, 0.05) is 12.4 Å². The van der Waals surface area contributed by atoms with Crippen LogP contribution in [0.1, 0.15) is 10.4 Å². The van der Waals surface area contributed by atoms with Crippen LogP contribution in [0, 0.1) is 0 Å². The SMILES string of the molecule is O=C(Nc1cnc(-n2cccn2)nc1O)c1ccccc1Cl. The van der Waals surface area contributed by atoms with Gasteiger partial charge in [-0.15, -0.1) is 0 Å². The first-order chi connectivity index (χ1) is 10.6. The monoisotopic (exact) mass is 315 g/mol. The van der Waals surface area contributed by atoms with Crippen molar-refractivity contribution in [1.82, 2.24) is 19.7 Å². The highest BCUT2D eigenvalue weighted by Crippen LogP contribution is 2.22.